The SMILES string of the molecule is CC(=O)Nc1ccc(NC(=O)CN2CCN(Cc3ccc(C)cc3)C(=O)C2=O)cc1. The second-order valence-electron chi connectivity index (χ2n) is 7.25. The van der Waals surface area contributed by atoms with Crippen LogP contribution in [-0.4, -0.2) is 53.1 Å². The predicted molar refractivity (Wildman–Crippen MR) is 113 cm³/mol. The van der Waals surface area contributed by atoms with E-state index in [4.69, 9.17) is 0 Å². The molecule has 0 aliphatic carbocycles. The lowest BCUT2D eigenvalue weighted by atomic mass is 10.1. The Labute approximate surface area is 174 Å². The third-order valence-electron chi connectivity index (χ3n) is 4.71. The molecular formula is C22H24N4O4. The molecule has 0 atom stereocenters. The average molecular weight is 408 g/mol. The van der Waals surface area contributed by atoms with E-state index in [2.05, 4.69) is 10.6 Å². The summed E-state index contributed by atoms with van der Waals surface area (Å²) in [5.41, 5.74) is 3.23. The summed E-state index contributed by atoms with van der Waals surface area (Å²) < 4.78 is 0. The van der Waals surface area contributed by atoms with Crippen LogP contribution in [-0.2, 0) is 25.7 Å². The van der Waals surface area contributed by atoms with Gasteiger partial charge >= 0.3 is 11.8 Å². The number of amides is 4. The van der Waals surface area contributed by atoms with Crippen LogP contribution in [0.25, 0.3) is 0 Å². The third kappa shape index (κ3) is 5.44. The maximum absolute atomic E-state index is 12.4. The molecule has 1 aliphatic rings. The second kappa shape index (κ2) is 9.21. The van der Waals surface area contributed by atoms with E-state index < -0.39 is 17.7 Å². The van der Waals surface area contributed by atoms with E-state index in [-0.39, 0.29) is 12.5 Å². The molecular weight excluding hydrogens is 384 g/mol. The van der Waals surface area contributed by atoms with Gasteiger partial charge in [-0.1, -0.05) is 29.8 Å². The van der Waals surface area contributed by atoms with Crippen molar-refractivity contribution in [2.45, 2.75) is 20.4 Å². The maximum atomic E-state index is 12.4. The first-order valence-electron chi connectivity index (χ1n) is 9.63. The number of piperazine rings is 1. The Hall–Kier alpha value is -3.68. The van der Waals surface area contributed by atoms with Gasteiger partial charge in [0.25, 0.3) is 0 Å². The molecule has 3 rings (SSSR count). The molecule has 0 aromatic heterocycles. The minimum absolute atomic E-state index is 0.184. The molecule has 0 saturated carbocycles. The van der Waals surface area contributed by atoms with Crippen LogP contribution in [0.2, 0.25) is 0 Å². The van der Waals surface area contributed by atoms with Crippen molar-refractivity contribution in [3.63, 3.8) is 0 Å². The minimum Gasteiger partial charge on any atom is -0.328 e. The van der Waals surface area contributed by atoms with Crippen LogP contribution < -0.4 is 10.6 Å². The molecule has 0 radical (unpaired) electrons. The van der Waals surface area contributed by atoms with Crippen LogP contribution in [0, 0.1) is 6.92 Å². The fourth-order valence-electron chi connectivity index (χ4n) is 3.14. The molecule has 0 unspecified atom stereocenters. The van der Waals surface area contributed by atoms with E-state index in [0.29, 0.717) is 31.0 Å². The third-order valence-corrected chi connectivity index (χ3v) is 4.71. The Kier molecular flexibility index (Phi) is 6.46. The highest BCUT2D eigenvalue weighted by Gasteiger charge is 2.33. The lowest BCUT2D eigenvalue weighted by Crippen LogP contribution is -2.55. The van der Waals surface area contributed by atoms with Crippen LogP contribution in [0.4, 0.5) is 11.4 Å². The number of hydrogen-bond donors (Lipinski definition) is 2. The normalized spacial score (nSPS) is 13.9. The molecule has 0 bridgehead atoms. The molecule has 2 N–H and O–H groups in total. The van der Waals surface area contributed by atoms with Gasteiger partial charge in [0, 0.05) is 37.9 Å². The summed E-state index contributed by atoms with van der Waals surface area (Å²) in [6.07, 6.45) is 0. The Morgan fingerprint density at radius 1 is 0.833 bits per heavy atom. The molecule has 8 nitrogen and oxygen atoms in total. The number of benzene rings is 2. The molecule has 8 heteroatoms. The van der Waals surface area contributed by atoms with Gasteiger partial charge in [0.2, 0.25) is 11.8 Å². The van der Waals surface area contributed by atoms with E-state index >= 15 is 0 Å². The van der Waals surface area contributed by atoms with Crippen LogP contribution in [0.5, 0.6) is 0 Å². The molecule has 1 aliphatic heterocycles. The van der Waals surface area contributed by atoms with Gasteiger partial charge < -0.3 is 20.4 Å². The number of anilines is 2. The summed E-state index contributed by atoms with van der Waals surface area (Å²) in [6, 6.07) is 14.4. The number of carbonyl (C=O) groups is 4. The topological polar surface area (TPSA) is 98.8 Å². The van der Waals surface area contributed by atoms with Gasteiger partial charge in [-0.3, -0.25) is 19.2 Å². The molecule has 156 valence electrons. The highest BCUT2D eigenvalue weighted by Crippen LogP contribution is 2.15. The highest BCUT2D eigenvalue weighted by atomic mass is 16.2. The fourth-order valence-corrected chi connectivity index (χ4v) is 3.14. The number of rotatable bonds is 6. The number of hydrogen-bond acceptors (Lipinski definition) is 4. The first-order valence-corrected chi connectivity index (χ1v) is 9.63. The zero-order chi connectivity index (χ0) is 21.7. The Morgan fingerprint density at radius 3 is 1.97 bits per heavy atom. The van der Waals surface area contributed by atoms with Gasteiger partial charge in [0.1, 0.15) is 6.54 Å². The Balaban J connectivity index is 1.53. The Morgan fingerprint density at radius 2 is 1.37 bits per heavy atom. The molecule has 30 heavy (non-hydrogen) atoms. The van der Waals surface area contributed by atoms with E-state index in [1.54, 1.807) is 24.3 Å². The van der Waals surface area contributed by atoms with Gasteiger partial charge in [-0.2, -0.15) is 0 Å². The van der Waals surface area contributed by atoms with Crippen molar-refractivity contribution in [2.24, 2.45) is 0 Å². The smallest absolute Gasteiger partial charge is 0.312 e. The second-order valence-corrected chi connectivity index (χ2v) is 7.25. The quantitative estimate of drug-likeness (QED) is 0.712. The summed E-state index contributed by atoms with van der Waals surface area (Å²) in [6.45, 7) is 4.23. The molecule has 1 fully saturated rings. The maximum Gasteiger partial charge on any atom is 0.312 e. The molecule has 1 saturated heterocycles. The zero-order valence-electron chi connectivity index (χ0n) is 17.0. The first-order chi connectivity index (χ1) is 14.3. The molecule has 2 aromatic carbocycles. The van der Waals surface area contributed by atoms with Crippen molar-refractivity contribution >= 4 is 35.0 Å². The van der Waals surface area contributed by atoms with E-state index in [1.807, 2.05) is 31.2 Å². The number of nitrogens with zero attached hydrogens (tertiary/aromatic N) is 2. The number of nitrogens with one attached hydrogen (secondary N) is 2. The predicted octanol–water partition coefficient (Wildman–Crippen LogP) is 1.76. The summed E-state index contributed by atoms with van der Waals surface area (Å²) in [4.78, 5) is 51.0. The van der Waals surface area contributed by atoms with Gasteiger partial charge in [-0.25, -0.2) is 0 Å². The van der Waals surface area contributed by atoms with E-state index in [9.17, 15) is 19.2 Å². The van der Waals surface area contributed by atoms with E-state index in [1.165, 1.54) is 16.7 Å². The van der Waals surface area contributed by atoms with Crippen LogP contribution >= 0.6 is 0 Å². The first kappa shape index (κ1) is 21.0. The minimum atomic E-state index is -0.676. The number of aryl methyl sites for hydroxylation is 1. The summed E-state index contributed by atoms with van der Waals surface area (Å²) in [5.74, 6) is -1.86. The zero-order valence-corrected chi connectivity index (χ0v) is 17.0. The van der Waals surface area contributed by atoms with Crippen LogP contribution in [0.15, 0.2) is 48.5 Å². The van der Waals surface area contributed by atoms with Crippen molar-refractivity contribution in [1.29, 1.82) is 0 Å². The summed E-state index contributed by atoms with van der Waals surface area (Å²) in [7, 11) is 0. The lowest BCUT2D eigenvalue weighted by Gasteiger charge is -2.33. The summed E-state index contributed by atoms with van der Waals surface area (Å²) >= 11 is 0. The van der Waals surface area contributed by atoms with Crippen molar-refractivity contribution in [1.82, 2.24) is 9.80 Å². The van der Waals surface area contributed by atoms with Crippen molar-refractivity contribution < 1.29 is 19.2 Å². The van der Waals surface area contributed by atoms with Gasteiger partial charge in [-0.05, 0) is 36.8 Å². The monoisotopic (exact) mass is 408 g/mol. The molecule has 4 amide bonds. The van der Waals surface area contributed by atoms with E-state index in [0.717, 1.165) is 11.1 Å². The van der Waals surface area contributed by atoms with Crippen molar-refractivity contribution in [3.8, 4) is 0 Å². The van der Waals surface area contributed by atoms with Gasteiger partial charge in [-0.15, -0.1) is 0 Å². The largest absolute Gasteiger partial charge is 0.328 e. The fraction of sp³-hybridized carbons (Fsp3) is 0.273. The summed E-state index contributed by atoms with van der Waals surface area (Å²) in [5, 5.41) is 5.33. The Bertz CT molecular complexity index is 954. The van der Waals surface area contributed by atoms with Crippen LogP contribution in [0.3, 0.4) is 0 Å². The van der Waals surface area contributed by atoms with Crippen LogP contribution in [0.1, 0.15) is 18.1 Å². The molecule has 2 aromatic rings. The standard InChI is InChI=1S/C22H24N4O4/c1-15-3-5-17(6-4-15)13-25-11-12-26(22(30)21(25)29)14-20(28)24-19-9-7-18(8-10-19)23-16(2)27/h3-10H,11-14H2,1-2H3,(H,23,27)(H,24,28). The van der Waals surface area contributed by atoms with Gasteiger partial charge in [0.05, 0.1) is 0 Å². The lowest BCUT2D eigenvalue weighted by molar-refractivity contribution is -0.157. The van der Waals surface area contributed by atoms with Gasteiger partial charge in [0.15, 0.2) is 0 Å². The average Bonchev–Trinajstić information content (AvgIpc) is 2.70. The van der Waals surface area contributed by atoms with Crippen molar-refractivity contribution in [3.05, 3.63) is 59.7 Å². The highest BCUT2D eigenvalue weighted by molar-refractivity contribution is 6.35. The number of carbonyl (C=O) groups excluding carboxylic acids is 4. The van der Waals surface area contributed by atoms with Crippen molar-refractivity contribution in [2.75, 3.05) is 30.3 Å². The molecule has 1 heterocycles. The molecule has 0 spiro atoms.